The van der Waals surface area contributed by atoms with Gasteiger partial charge in [-0.05, 0) is 38.0 Å². The molecule has 6 heteroatoms. The number of likely N-dealkylation sites (tertiary alicyclic amines) is 1. The summed E-state index contributed by atoms with van der Waals surface area (Å²) in [6.45, 7) is 3.58. The third-order valence-electron chi connectivity index (χ3n) is 3.84. The molecule has 1 fully saturated rings. The molecule has 1 aliphatic rings. The minimum atomic E-state index is -0.326. The van der Waals surface area contributed by atoms with E-state index in [-0.39, 0.29) is 11.9 Å². The van der Waals surface area contributed by atoms with Gasteiger partial charge in [0.05, 0.1) is 11.0 Å². The van der Waals surface area contributed by atoms with E-state index in [9.17, 15) is 4.79 Å². The zero-order valence-electron chi connectivity index (χ0n) is 11.3. The molecule has 0 radical (unpaired) electrons. The van der Waals surface area contributed by atoms with Gasteiger partial charge in [0.1, 0.15) is 6.04 Å². The van der Waals surface area contributed by atoms with Crippen molar-refractivity contribution in [2.24, 2.45) is 0 Å². The number of halogens is 1. The second-order valence-electron chi connectivity index (χ2n) is 5.18. The number of amides is 1. The van der Waals surface area contributed by atoms with Crippen LogP contribution >= 0.6 is 15.9 Å². The van der Waals surface area contributed by atoms with Crippen molar-refractivity contribution in [1.82, 2.24) is 14.5 Å². The average molecular weight is 337 g/mol. The van der Waals surface area contributed by atoms with E-state index >= 15 is 0 Å². The Morgan fingerprint density at radius 3 is 2.80 bits per heavy atom. The smallest absolute Gasteiger partial charge is 0.245 e. The lowest BCUT2D eigenvalue weighted by Crippen LogP contribution is -2.34. The van der Waals surface area contributed by atoms with Crippen molar-refractivity contribution >= 4 is 38.8 Å². The van der Waals surface area contributed by atoms with Gasteiger partial charge in [0, 0.05) is 17.6 Å². The summed E-state index contributed by atoms with van der Waals surface area (Å²) >= 11 is 3.45. The second-order valence-corrected chi connectivity index (χ2v) is 6.10. The number of imidazole rings is 1. The largest absolute Gasteiger partial charge is 0.369 e. The van der Waals surface area contributed by atoms with Crippen LogP contribution in [0.3, 0.4) is 0 Å². The molecule has 3 rings (SSSR count). The zero-order valence-corrected chi connectivity index (χ0v) is 12.9. The van der Waals surface area contributed by atoms with E-state index < -0.39 is 0 Å². The molecule has 2 N–H and O–H groups in total. The first kappa shape index (κ1) is 13.4. The van der Waals surface area contributed by atoms with Gasteiger partial charge in [0.2, 0.25) is 11.9 Å². The summed E-state index contributed by atoms with van der Waals surface area (Å²) in [5, 5.41) is 0. The van der Waals surface area contributed by atoms with Crippen LogP contribution < -0.4 is 5.73 Å². The molecule has 2 heterocycles. The Hall–Kier alpha value is -1.56. The fourth-order valence-corrected chi connectivity index (χ4v) is 3.15. The Bertz CT molecular complexity index is 660. The van der Waals surface area contributed by atoms with Crippen molar-refractivity contribution in [3.8, 4) is 0 Å². The van der Waals surface area contributed by atoms with E-state index in [4.69, 9.17) is 5.73 Å². The Morgan fingerprint density at radius 2 is 2.10 bits per heavy atom. The molecule has 1 saturated heterocycles. The minimum Gasteiger partial charge on any atom is -0.369 e. The first-order chi connectivity index (χ1) is 9.58. The third-order valence-corrected chi connectivity index (χ3v) is 4.33. The van der Waals surface area contributed by atoms with Crippen molar-refractivity contribution in [3.63, 3.8) is 0 Å². The van der Waals surface area contributed by atoms with E-state index in [1.807, 2.05) is 34.6 Å². The highest BCUT2D eigenvalue weighted by Crippen LogP contribution is 2.27. The number of carbonyl (C=O) groups is 1. The van der Waals surface area contributed by atoms with Gasteiger partial charge < -0.3 is 10.6 Å². The zero-order chi connectivity index (χ0) is 14.3. The molecular weight excluding hydrogens is 320 g/mol. The topological polar surface area (TPSA) is 64.2 Å². The Labute approximate surface area is 125 Å². The van der Waals surface area contributed by atoms with Gasteiger partial charge in [0.25, 0.3) is 0 Å². The minimum absolute atomic E-state index is 0.119. The average Bonchev–Trinajstić information content (AvgIpc) is 3.04. The number of rotatable bonds is 2. The standard InChI is InChI=1S/C14H17BrN4O/c1-9(13(20)18-6-2-3-7-18)19-12-8-10(15)4-5-11(12)17-14(19)16/h4-5,8-9H,2-3,6-7H2,1H3,(H2,16,17). The number of nitrogens with two attached hydrogens (primary N) is 1. The predicted octanol–water partition coefficient (Wildman–Crippen LogP) is 2.56. The number of hydrogen-bond donors (Lipinski definition) is 1. The van der Waals surface area contributed by atoms with Gasteiger partial charge in [-0.25, -0.2) is 4.98 Å². The van der Waals surface area contributed by atoms with Crippen LogP contribution in [0.4, 0.5) is 5.95 Å². The summed E-state index contributed by atoms with van der Waals surface area (Å²) in [6.07, 6.45) is 2.17. The normalized spacial score (nSPS) is 16.8. The van der Waals surface area contributed by atoms with E-state index in [2.05, 4.69) is 20.9 Å². The highest BCUT2D eigenvalue weighted by Gasteiger charge is 2.26. The lowest BCUT2D eigenvalue weighted by molar-refractivity contribution is -0.133. The highest BCUT2D eigenvalue weighted by molar-refractivity contribution is 9.10. The monoisotopic (exact) mass is 336 g/mol. The predicted molar refractivity (Wildman–Crippen MR) is 82.4 cm³/mol. The molecule has 1 aliphatic heterocycles. The maximum absolute atomic E-state index is 12.5. The summed E-state index contributed by atoms with van der Waals surface area (Å²) in [6, 6.07) is 5.45. The van der Waals surface area contributed by atoms with E-state index in [0.29, 0.717) is 5.95 Å². The second kappa shape index (κ2) is 5.09. The molecule has 0 spiro atoms. The molecule has 106 valence electrons. The summed E-state index contributed by atoms with van der Waals surface area (Å²) in [5.41, 5.74) is 7.70. The summed E-state index contributed by atoms with van der Waals surface area (Å²) in [5.74, 6) is 0.506. The maximum Gasteiger partial charge on any atom is 0.245 e. The van der Waals surface area contributed by atoms with Crippen LogP contribution in [0.25, 0.3) is 11.0 Å². The first-order valence-electron chi connectivity index (χ1n) is 6.79. The number of carbonyl (C=O) groups excluding carboxylic acids is 1. The lowest BCUT2D eigenvalue weighted by atomic mass is 10.2. The van der Waals surface area contributed by atoms with Crippen LogP contribution in [0, 0.1) is 0 Å². The SMILES string of the molecule is CC(C(=O)N1CCCC1)n1c(N)nc2ccc(Br)cc21. The molecule has 5 nitrogen and oxygen atoms in total. The van der Waals surface area contributed by atoms with E-state index in [1.165, 1.54) is 0 Å². The molecule has 2 aromatic rings. The van der Waals surface area contributed by atoms with Crippen molar-refractivity contribution in [3.05, 3.63) is 22.7 Å². The van der Waals surface area contributed by atoms with Crippen molar-refractivity contribution in [2.45, 2.75) is 25.8 Å². The Balaban J connectivity index is 2.02. The molecule has 20 heavy (non-hydrogen) atoms. The van der Waals surface area contributed by atoms with Crippen LogP contribution in [0.5, 0.6) is 0 Å². The fraction of sp³-hybridized carbons (Fsp3) is 0.429. The summed E-state index contributed by atoms with van der Waals surface area (Å²) in [7, 11) is 0. The molecule has 1 aromatic carbocycles. The Morgan fingerprint density at radius 1 is 1.40 bits per heavy atom. The van der Waals surface area contributed by atoms with E-state index in [1.54, 1.807) is 0 Å². The van der Waals surface area contributed by atoms with Crippen LogP contribution in [-0.4, -0.2) is 33.4 Å². The van der Waals surface area contributed by atoms with Crippen LogP contribution in [0.1, 0.15) is 25.8 Å². The molecular formula is C14H17BrN4O. The molecule has 0 bridgehead atoms. The number of fused-ring (bicyclic) bond motifs is 1. The van der Waals surface area contributed by atoms with Gasteiger partial charge in [-0.3, -0.25) is 9.36 Å². The number of aromatic nitrogens is 2. The van der Waals surface area contributed by atoms with Crippen molar-refractivity contribution < 1.29 is 4.79 Å². The Kier molecular flexibility index (Phi) is 3.41. The van der Waals surface area contributed by atoms with E-state index in [0.717, 1.165) is 41.4 Å². The number of hydrogen-bond acceptors (Lipinski definition) is 3. The summed E-state index contributed by atoms with van der Waals surface area (Å²) in [4.78, 5) is 18.8. The van der Waals surface area contributed by atoms with Crippen LogP contribution in [-0.2, 0) is 4.79 Å². The summed E-state index contributed by atoms with van der Waals surface area (Å²) < 4.78 is 2.77. The van der Waals surface area contributed by atoms with Crippen molar-refractivity contribution in [2.75, 3.05) is 18.8 Å². The van der Waals surface area contributed by atoms with Crippen LogP contribution in [0.2, 0.25) is 0 Å². The van der Waals surface area contributed by atoms with Gasteiger partial charge in [0.15, 0.2) is 0 Å². The first-order valence-corrected chi connectivity index (χ1v) is 7.59. The molecule has 0 saturated carbocycles. The van der Waals surface area contributed by atoms with Gasteiger partial charge >= 0.3 is 0 Å². The van der Waals surface area contributed by atoms with Gasteiger partial charge in [-0.15, -0.1) is 0 Å². The number of benzene rings is 1. The molecule has 1 amide bonds. The molecule has 1 unspecified atom stereocenters. The fourth-order valence-electron chi connectivity index (χ4n) is 2.80. The van der Waals surface area contributed by atoms with Gasteiger partial charge in [-0.1, -0.05) is 15.9 Å². The quantitative estimate of drug-likeness (QED) is 0.916. The maximum atomic E-state index is 12.5. The number of nitrogens with zero attached hydrogens (tertiary/aromatic N) is 3. The third kappa shape index (κ3) is 2.18. The van der Waals surface area contributed by atoms with Gasteiger partial charge in [-0.2, -0.15) is 0 Å². The molecule has 1 aromatic heterocycles. The lowest BCUT2D eigenvalue weighted by Gasteiger charge is -2.22. The van der Waals surface area contributed by atoms with Crippen LogP contribution in [0.15, 0.2) is 22.7 Å². The van der Waals surface area contributed by atoms with Crippen molar-refractivity contribution in [1.29, 1.82) is 0 Å². The number of anilines is 1. The number of nitrogen functional groups attached to an aromatic ring is 1. The molecule has 0 aliphatic carbocycles. The molecule has 1 atom stereocenters. The highest BCUT2D eigenvalue weighted by atomic mass is 79.9.